The van der Waals surface area contributed by atoms with E-state index in [9.17, 15) is 9.59 Å². The first-order chi connectivity index (χ1) is 10.6. The summed E-state index contributed by atoms with van der Waals surface area (Å²) in [6, 6.07) is 13.6. The van der Waals surface area contributed by atoms with Crippen molar-refractivity contribution >= 4 is 28.9 Å². The zero-order valence-electron chi connectivity index (χ0n) is 11.2. The molecule has 0 N–H and O–H groups in total. The highest BCUT2D eigenvalue weighted by atomic mass is 35.5. The molecule has 1 spiro atoms. The molecule has 2 aliphatic heterocycles. The Morgan fingerprint density at radius 3 is 2.64 bits per heavy atom. The number of halogens is 1. The second-order valence-electron chi connectivity index (χ2n) is 5.04. The number of hydrogen-bond acceptors (Lipinski definition) is 4. The van der Waals surface area contributed by atoms with Crippen LogP contribution in [0, 0.1) is 0 Å². The number of fused-ring (bicyclic) bond motifs is 2. The number of esters is 1. The molecular weight excluding hydrogens is 304 g/mol. The van der Waals surface area contributed by atoms with Crippen molar-refractivity contribution in [3.8, 4) is 0 Å². The van der Waals surface area contributed by atoms with Crippen LogP contribution in [0.3, 0.4) is 0 Å². The maximum atomic E-state index is 12.8. The summed E-state index contributed by atoms with van der Waals surface area (Å²) in [5.74, 6) is -2.68. The molecule has 0 aromatic heterocycles. The summed E-state index contributed by atoms with van der Waals surface area (Å²) in [5, 5.41) is 0.510. The van der Waals surface area contributed by atoms with E-state index in [1.54, 1.807) is 48.5 Å². The number of hydrogen-bond donors (Lipinski definition) is 0. The molecule has 0 bridgehead atoms. The molecule has 1 atom stereocenters. The van der Waals surface area contributed by atoms with E-state index in [4.69, 9.17) is 21.1 Å². The second-order valence-corrected chi connectivity index (χ2v) is 5.48. The van der Waals surface area contributed by atoms with Gasteiger partial charge in [0.15, 0.2) is 0 Å². The van der Waals surface area contributed by atoms with Gasteiger partial charge in [-0.05, 0) is 29.8 Å². The molecule has 108 valence electrons. The van der Waals surface area contributed by atoms with Crippen LogP contribution in [0.5, 0.6) is 0 Å². The van der Waals surface area contributed by atoms with Crippen LogP contribution in [0.4, 0.5) is 0 Å². The molecule has 0 saturated heterocycles. The van der Waals surface area contributed by atoms with Gasteiger partial charge in [0.25, 0.3) is 5.78 Å². The minimum atomic E-state index is -1.70. The fourth-order valence-electron chi connectivity index (χ4n) is 2.73. The van der Waals surface area contributed by atoms with E-state index in [-0.39, 0.29) is 0 Å². The van der Waals surface area contributed by atoms with E-state index in [0.29, 0.717) is 27.3 Å². The van der Waals surface area contributed by atoms with Crippen LogP contribution in [0.2, 0.25) is 5.02 Å². The van der Waals surface area contributed by atoms with Gasteiger partial charge in [-0.25, -0.2) is 4.79 Å². The van der Waals surface area contributed by atoms with Gasteiger partial charge < -0.3 is 9.47 Å². The number of Topliss-reactive ketones (excluding diaryl/α,β-unsaturated/α-hetero) is 1. The van der Waals surface area contributed by atoms with Crippen LogP contribution in [-0.4, -0.2) is 11.8 Å². The predicted octanol–water partition coefficient (Wildman–Crippen LogP) is 3.30. The standard InChI is InChI=1S/C17H9ClO4/c18-11-5-3-4-10(8-11)13-9-21-17(15(13)19)14-7-2-1-6-12(14)16(20)22-17/h1-9H. The molecule has 0 fully saturated rings. The average Bonchev–Trinajstić information content (AvgIpc) is 3.00. The maximum Gasteiger partial charge on any atom is 0.347 e. The monoisotopic (exact) mass is 312 g/mol. The van der Waals surface area contributed by atoms with Gasteiger partial charge in [-0.1, -0.05) is 35.9 Å². The number of carbonyl (C=O) groups is 2. The Balaban J connectivity index is 1.80. The molecule has 0 saturated carbocycles. The van der Waals surface area contributed by atoms with Crippen molar-refractivity contribution in [1.82, 2.24) is 0 Å². The second kappa shape index (κ2) is 4.45. The van der Waals surface area contributed by atoms with Crippen LogP contribution in [0.1, 0.15) is 21.5 Å². The van der Waals surface area contributed by atoms with Gasteiger partial charge >= 0.3 is 11.8 Å². The fourth-order valence-corrected chi connectivity index (χ4v) is 2.92. The van der Waals surface area contributed by atoms with Gasteiger partial charge in [0.2, 0.25) is 0 Å². The number of rotatable bonds is 1. The first-order valence-corrected chi connectivity index (χ1v) is 7.01. The van der Waals surface area contributed by atoms with Crippen LogP contribution < -0.4 is 0 Å². The van der Waals surface area contributed by atoms with Crippen LogP contribution in [0.25, 0.3) is 5.57 Å². The quantitative estimate of drug-likeness (QED) is 0.758. The fraction of sp³-hybridized carbons (Fsp3) is 0.0588. The first kappa shape index (κ1) is 13.1. The molecule has 2 aromatic carbocycles. The summed E-state index contributed by atoms with van der Waals surface area (Å²) in [5.41, 5.74) is 1.72. The minimum absolute atomic E-state index is 0.326. The third-order valence-corrected chi connectivity index (χ3v) is 3.99. The third-order valence-electron chi connectivity index (χ3n) is 3.76. The van der Waals surface area contributed by atoms with E-state index in [1.807, 2.05) is 0 Å². The summed E-state index contributed by atoms with van der Waals surface area (Å²) in [7, 11) is 0. The van der Waals surface area contributed by atoms with Gasteiger partial charge in [0.05, 0.1) is 16.7 Å². The van der Waals surface area contributed by atoms with Gasteiger partial charge in [-0.3, -0.25) is 4.79 Å². The van der Waals surface area contributed by atoms with Crippen molar-refractivity contribution in [2.24, 2.45) is 0 Å². The van der Waals surface area contributed by atoms with E-state index in [1.165, 1.54) is 6.26 Å². The third kappa shape index (κ3) is 1.64. The Hall–Kier alpha value is -2.59. The van der Waals surface area contributed by atoms with Gasteiger partial charge in [0.1, 0.15) is 6.26 Å². The number of ketones is 1. The lowest BCUT2D eigenvalue weighted by molar-refractivity contribution is -0.173. The summed E-state index contributed by atoms with van der Waals surface area (Å²) in [4.78, 5) is 24.8. The predicted molar refractivity (Wildman–Crippen MR) is 79.1 cm³/mol. The van der Waals surface area contributed by atoms with Crippen LogP contribution >= 0.6 is 11.6 Å². The largest absolute Gasteiger partial charge is 0.449 e. The first-order valence-electron chi connectivity index (χ1n) is 6.63. The number of ether oxygens (including phenoxy) is 2. The molecule has 5 heteroatoms. The Bertz CT molecular complexity index is 855. The topological polar surface area (TPSA) is 52.6 Å². The number of carbonyl (C=O) groups excluding carboxylic acids is 2. The van der Waals surface area contributed by atoms with Crippen LogP contribution in [-0.2, 0) is 20.1 Å². The molecule has 22 heavy (non-hydrogen) atoms. The molecule has 0 amide bonds. The molecule has 2 aromatic rings. The Labute approximate surface area is 130 Å². The van der Waals surface area contributed by atoms with Gasteiger partial charge in [-0.2, -0.15) is 0 Å². The van der Waals surface area contributed by atoms with Gasteiger partial charge in [0, 0.05) is 5.02 Å². The zero-order chi connectivity index (χ0) is 15.3. The average molecular weight is 313 g/mol. The molecule has 0 aliphatic carbocycles. The Morgan fingerprint density at radius 2 is 1.82 bits per heavy atom. The lowest BCUT2D eigenvalue weighted by Gasteiger charge is -2.20. The van der Waals surface area contributed by atoms with Crippen LogP contribution in [0.15, 0.2) is 54.8 Å². The highest BCUT2D eigenvalue weighted by molar-refractivity contribution is 6.32. The summed E-state index contributed by atoms with van der Waals surface area (Å²) < 4.78 is 10.8. The molecule has 1 unspecified atom stereocenters. The normalized spacial score (nSPS) is 22.3. The minimum Gasteiger partial charge on any atom is -0.449 e. The lowest BCUT2D eigenvalue weighted by Crippen LogP contribution is -2.34. The lowest BCUT2D eigenvalue weighted by atomic mass is 9.93. The van der Waals surface area contributed by atoms with Crippen molar-refractivity contribution < 1.29 is 19.1 Å². The van der Waals surface area contributed by atoms with Crippen molar-refractivity contribution in [3.05, 3.63) is 76.5 Å². The number of benzene rings is 2. The van der Waals surface area contributed by atoms with Crippen molar-refractivity contribution in [2.45, 2.75) is 5.79 Å². The van der Waals surface area contributed by atoms with E-state index >= 15 is 0 Å². The van der Waals surface area contributed by atoms with Crippen molar-refractivity contribution in [3.63, 3.8) is 0 Å². The molecule has 4 nitrogen and oxygen atoms in total. The highest BCUT2D eigenvalue weighted by Crippen LogP contribution is 2.45. The van der Waals surface area contributed by atoms with Gasteiger partial charge in [-0.15, -0.1) is 0 Å². The molecule has 4 rings (SSSR count). The summed E-state index contributed by atoms with van der Waals surface area (Å²) in [6.07, 6.45) is 1.32. The van der Waals surface area contributed by atoms with E-state index in [2.05, 4.69) is 0 Å². The Morgan fingerprint density at radius 1 is 1.00 bits per heavy atom. The Kier molecular flexibility index (Phi) is 2.65. The van der Waals surface area contributed by atoms with E-state index < -0.39 is 17.5 Å². The molecule has 0 radical (unpaired) electrons. The SMILES string of the molecule is O=C1OC2(OC=C(c3cccc(Cl)c3)C2=O)c2ccccc21. The zero-order valence-corrected chi connectivity index (χ0v) is 12.0. The van der Waals surface area contributed by atoms with Crippen molar-refractivity contribution in [1.29, 1.82) is 0 Å². The summed E-state index contributed by atoms with van der Waals surface area (Å²) >= 11 is 5.96. The van der Waals surface area contributed by atoms with Crippen molar-refractivity contribution in [2.75, 3.05) is 0 Å². The molecular formula is C17H9ClO4. The van der Waals surface area contributed by atoms with E-state index in [0.717, 1.165) is 0 Å². The maximum absolute atomic E-state index is 12.8. The molecule has 2 aliphatic rings. The summed E-state index contributed by atoms with van der Waals surface area (Å²) in [6.45, 7) is 0. The smallest absolute Gasteiger partial charge is 0.347 e. The highest BCUT2D eigenvalue weighted by Gasteiger charge is 2.57. The molecule has 2 heterocycles.